The lowest BCUT2D eigenvalue weighted by Gasteiger charge is -2.29. The lowest BCUT2D eigenvalue weighted by molar-refractivity contribution is 0.122. The number of rotatable bonds is 5. The van der Waals surface area contributed by atoms with E-state index in [1.54, 1.807) is 13.2 Å². The Balaban J connectivity index is 1.77. The second-order valence-electron chi connectivity index (χ2n) is 6.69. The van der Waals surface area contributed by atoms with Gasteiger partial charge in [-0.15, -0.1) is 0 Å². The van der Waals surface area contributed by atoms with Crippen LogP contribution >= 0.6 is 0 Å². The highest BCUT2D eigenvalue weighted by molar-refractivity contribution is 5.75. The first-order valence-electron chi connectivity index (χ1n) is 9.38. The Hall–Kier alpha value is -3.12. The number of morpholine rings is 1. The molecule has 0 bridgehead atoms. The maximum Gasteiger partial charge on any atom is 0.267 e. The summed E-state index contributed by atoms with van der Waals surface area (Å²) in [6, 6.07) is 19.3. The fourth-order valence-electron chi connectivity index (χ4n) is 3.34. The standard InChI is InChI=1S/C22H23N3O3/c1-27-19-9-7-18(8-10-19)20-15-21(26)25(16-17-5-3-2-4-6-17)23-22(20)24-11-13-28-14-12-24/h2-10,15H,11-14,16H2,1H3. The Morgan fingerprint density at radius 3 is 2.43 bits per heavy atom. The van der Waals surface area contributed by atoms with Crippen molar-refractivity contribution < 1.29 is 9.47 Å². The second kappa shape index (κ2) is 8.27. The summed E-state index contributed by atoms with van der Waals surface area (Å²) in [6.07, 6.45) is 0. The number of hydrogen-bond acceptors (Lipinski definition) is 5. The zero-order valence-corrected chi connectivity index (χ0v) is 15.9. The van der Waals surface area contributed by atoms with Crippen LogP contribution in [-0.4, -0.2) is 43.2 Å². The van der Waals surface area contributed by atoms with Crippen LogP contribution in [0.5, 0.6) is 5.75 Å². The van der Waals surface area contributed by atoms with Crippen LogP contribution in [0.15, 0.2) is 65.5 Å². The van der Waals surface area contributed by atoms with Crippen molar-refractivity contribution >= 4 is 5.82 Å². The minimum absolute atomic E-state index is 0.119. The molecule has 2 heterocycles. The first-order chi connectivity index (χ1) is 13.7. The summed E-state index contributed by atoms with van der Waals surface area (Å²) in [6.45, 7) is 3.25. The Morgan fingerprint density at radius 2 is 1.75 bits per heavy atom. The van der Waals surface area contributed by atoms with E-state index in [1.807, 2.05) is 54.6 Å². The van der Waals surface area contributed by atoms with E-state index < -0.39 is 0 Å². The summed E-state index contributed by atoms with van der Waals surface area (Å²) in [5.41, 5.74) is 2.70. The highest BCUT2D eigenvalue weighted by Gasteiger charge is 2.19. The molecule has 144 valence electrons. The van der Waals surface area contributed by atoms with E-state index in [2.05, 4.69) is 4.90 Å². The molecule has 28 heavy (non-hydrogen) atoms. The van der Waals surface area contributed by atoms with Crippen LogP contribution in [0.25, 0.3) is 11.1 Å². The fraction of sp³-hybridized carbons (Fsp3) is 0.273. The monoisotopic (exact) mass is 377 g/mol. The molecular formula is C22H23N3O3. The van der Waals surface area contributed by atoms with Gasteiger partial charge in [0.05, 0.1) is 26.9 Å². The van der Waals surface area contributed by atoms with Crippen molar-refractivity contribution in [3.05, 3.63) is 76.6 Å². The zero-order valence-electron chi connectivity index (χ0n) is 15.9. The van der Waals surface area contributed by atoms with Crippen molar-refractivity contribution in [2.75, 3.05) is 38.3 Å². The smallest absolute Gasteiger partial charge is 0.267 e. The lowest BCUT2D eigenvalue weighted by atomic mass is 10.1. The van der Waals surface area contributed by atoms with E-state index in [0.29, 0.717) is 19.8 Å². The summed E-state index contributed by atoms with van der Waals surface area (Å²) in [7, 11) is 1.64. The van der Waals surface area contributed by atoms with Gasteiger partial charge in [0.15, 0.2) is 5.82 Å². The van der Waals surface area contributed by atoms with Crippen molar-refractivity contribution in [2.45, 2.75) is 6.54 Å². The largest absolute Gasteiger partial charge is 0.497 e. The van der Waals surface area contributed by atoms with Crippen molar-refractivity contribution in [1.82, 2.24) is 9.78 Å². The molecule has 1 aromatic heterocycles. The van der Waals surface area contributed by atoms with Gasteiger partial charge in [-0.1, -0.05) is 42.5 Å². The van der Waals surface area contributed by atoms with Crippen LogP contribution in [0.1, 0.15) is 5.56 Å². The number of methoxy groups -OCH3 is 1. The highest BCUT2D eigenvalue weighted by atomic mass is 16.5. The molecule has 2 aromatic carbocycles. The van der Waals surface area contributed by atoms with E-state index in [-0.39, 0.29) is 5.56 Å². The predicted molar refractivity (Wildman–Crippen MR) is 109 cm³/mol. The van der Waals surface area contributed by atoms with E-state index in [1.165, 1.54) is 4.68 Å². The molecule has 0 atom stereocenters. The Bertz CT molecular complexity index is 978. The first-order valence-corrected chi connectivity index (χ1v) is 9.38. The topological polar surface area (TPSA) is 56.6 Å². The molecule has 0 N–H and O–H groups in total. The minimum atomic E-state index is -0.119. The van der Waals surface area contributed by atoms with Crippen LogP contribution in [0.3, 0.4) is 0 Å². The molecule has 0 aliphatic carbocycles. The van der Waals surface area contributed by atoms with Crippen molar-refractivity contribution in [3.8, 4) is 16.9 Å². The van der Waals surface area contributed by atoms with Crippen molar-refractivity contribution in [2.24, 2.45) is 0 Å². The quantitative estimate of drug-likeness (QED) is 0.684. The van der Waals surface area contributed by atoms with Gasteiger partial charge in [0.25, 0.3) is 5.56 Å². The molecule has 6 nitrogen and oxygen atoms in total. The van der Waals surface area contributed by atoms with Gasteiger partial charge in [0, 0.05) is 24.7 Å². The third kappa shape index (κ3) is 3.92. The molecule has 1 fully saturated rings. The number of hydrogen-bond donors (Lipinski definition) is 0. The summed E-state index contributed by atoms with van der Waals surface area (Å²) in [4.78, 5) is 15.0. The molecule has 0 saturated carbocycles. The SMILES string of the molecule is COc1ccc(-c2cc(=O)n(Cc3ccccc3)nc2N2CCOCC2)cc1. The molecule has 1 aliphatic heterocycles. The van der Waals surface area contributed by atoms with E-state index in [0.717, 1.165) is 41.3 Å². The third-order valence-corrected chi connectivity index (χ3v) is 4.87. The number of ether oxygens (including phenoxy) is 2. The van der Waals surface area contributed by atoms with Gasteiger partial charge >= 0.3 is 0 Å². The molecule has 3 aromatic rings. The molecule has 4 rings (SSSR count). The van der Waals surface area contributed by atoms with Gasteiger partial charge in [-0.25, -0.2) is 4.68 Å². The molecule has 6 heteroatoms. The third-order valence-electron chi connectivity index (χ3n) is 4.87. The van der Waals surface area contributed by atoms with Gasteiger partial charge < -0.3 is 14.4 Å². The fourth-order valence-corrected chi connectivity index (χ4v) is 3.34. The van der Waals surface area contributed by atoms with Crippen LogP contribution in [0.4, 0.5) is 5.82 Å². The number of anilines is 1. The first kappa shape index (κ1) is 18.3. The minimum Gasteiger partial charge on any atom is -0.497 e. The Kier molecular flexibility index (Phi) is 5.39. The average molecular weight is 377 g/mol. The second-order valence-corrected chi connectivity index (χ2v) is 6.69. The summed E-state index contributed by atoms with van der Waals surface area (Å²) < 4.78 is 12.3. The van der Waals surface area contributed by atoms with Crippen LogP contribution in [-0.2, 0) is 11.3 Å². The normalized spacial score (nSPS) is 14.1. The van der Waals surface area contributed by atoms with Crippen LogP contribution in [0, 0.1) is 0 Å². The molecule has 0 radical (unpaired) electrons. The maximum absolute atomic E-state index is 12.8. The van der Waals surface area contributed by atoms with Gasteiger partial charge in [0.2, 0.25) is 0 Å². The van der Waals surface area contributed by atoms with Crippen LogP contribution < -0.4 is 15.2 Å². The maximum atomic E-state index is 12.8. The molecule has 0 spiro atoms. The van der Waals surface area contributed by atoms with Gasteiger partial charge in [-0.2, -0.15) is 5.10 Å². The molecule has 1 saturated heterocycles. The molecule has 1 aliphatic rings. The summed E-state index contributed by atoms with van der Waals surface area (Å²) >= 11 is 0. The van der Waals surface area contributed by atoms with Crippen molar-refractivity contribution in [3.63, 3.8) is 0 Å². The predicted octanol–water partition coefficient (Wildman–Crippen LogP) is 2.80. The molecular weight excluding hydrogens is 354 g/mol. The number of benzene rings is 2. The highest BCUT2D eigenvalue weighted by Crippen LogP contribution is 2.29. The number of nitrogens with zero attached hydrogens (tertiary/aromatic N) is 3. The van der Waals surface area contributed by atoms with E-state index in [9.17, 15) is 4.79 Å². The van der Waals surface area contributed by atoms with Crippen LogP contribution in [0.2, 0.25) is 0 Å². The van der Waals surface area contributed by atoms with Crippen molar-refractivity contribution in [1.29, 1.82) is 0 Å². The zero-order chi connectivity index (χ0) is 19.3. The van der Waals surface area contributed by atoms with E-state index >= 15 is 0 Å². The molecule has 0 unspecified atom stereocenters. The Morgan fingerprint density at radius 1 is 1.04 bits per heavy atom. The summed E-state index contributed by atoms with van der Waals surface area (Å²) in [5, 5.41) is 4.75. The average Bonchev–Trinajstić information content (AvgIpc) is 2.76. The number of aromatic nitrogens is 2. The van der Waals surface area contributed by atoms with E-state index in [4.69, 9.17) is 14.6 Å². The van der Waals surface area contributed by atoms with Gasteiger partial charge in [0.1, 0.15) is 5.75 Å². The van der Waals surface area contributed by atoms with Gasteiger partial charge in [-0.3, -0.25) is 4.79 Å². The molecule has 0 amide bonds. The lowest BCUT2D eigenvalue weighted by Crippen LogP contribution is -2.38. The Labute approximate surface area is 163 Å². The van der Waals surface area contributed by atoms with Gasteiger partial charge in [-0.05, 0) is 23.3 Å². The summed E-state index contributed by atoms with van der Waals surface area (Å²) in [5.74, 6) is 1.59.